The number of ether oxygens (including phenoxy) is 1. The Morgan fingerprint density at radius 2 is 2.00 bits per heavy atom. The van der Waals surface area contributed by atoms with Crippen molar-refractivity contribution in [2.24, 2.45) is 0 Å². The minimum absolute atomic E-state index is 0.216. The molecule has 1 aliphatic carbocycles. The Morgan fingerprint density at radius 1 is 1.29 bits per heavy atom. The zero-order valence-corrected chi connectivity index (χ0v) is 10.9. The summed E-state index contributed by atoms with van der Waals surface area (Å²) in [4.78, 5) is 0. The van der Waals surface area contributed by atoms with E-state index in [1.54, 1.807) is 0 Å². The Morgan fingerprint density at radius 3 is 2.65 bits per heavy atom. The molecule has 1 aliphatic rings. The van der Waals surface area contributed by atoms with E-state index >= 15 is 0 Å². The summed E-state index contributed by atoms with van der Waals surface area (Å²) in [6.45, 7) is 5.48. The normalized spacial score (nSPS) is 25.3. The molecule has 0 spiro atoms. The highest BCUT2D eigenvalue weighted by Gasteiger charge is 2.30. The van der Waals surface area contributed by atoms with E-state index in [0.29, 0.717) is 12.1 Å². The van der Waals surface area contributed by atoms with Gasteiger partial charge in [0.05, 0.1) is 12.2 Å². The Hall–Kier alpha value is -0.860. The van der Waals surface area contributed by atoms with Gasteiger partial charge in [-0.15, -0.1) is 0 Å². The van der Waals surface area contributed by atoms with Gasteiger partial charge in [0.25, 0.3) is 0 Å². The van der Waals surface area contributed by atoms with Gasteiger partial charge in [-0.1, -0.05) is 37.3 Å². The number of hydrogen-bond acceptors (Lipinski definition) is 2. The van der Waals surface area contributed by atoms with Crippen LogP contribution in [0.1, 0.15) is 44.8 Å². The van der Waals surface area contributed by atoms with Gasteiger partial charge in [0, 0.05) is 6.04 Å². The first-order valence-corrected chi connectivity index (χ1v) is 6.73. The fourth-order valence-electron chi connectivity index (χ4n) is 2.28. The van der Waals surface area contributed by atoms with Crippen molar-refractivity contribution in [2.45, 2.75) is 51.4 Å². The van der Waals surface area contributed by atoms with Crippen LogP contribution >= 0.6 is 0 Å². The van der Waals surface area contributed by atoms with Crippen LogP contribution in [0.5, 0.6) is 0 Å². The Bertz CT molecular complexity index is 319. The first-order chi connectivity index (χ1) is 8.29. The molecule has 17 heavy (non-hydrogen) atoms. The number of nitrogens with one attached hydrogen (secondary N) is 1. The maximum absolute atomic E-state index is 6.04. The fourth-order valence-corrected chi connectivity index (χ4v) is 2.28. The van der Waals surface area contributed by atoms with E-state index in [-0.39, 0.29) is 6.10 Å². The first-order valence-electron chi connectivity index (χ1n) is 6.73. The van der Waals surface area contributed by atoms with Crippen LogP contribution in [-0.4, -0.2) is 18.7 Å². The zero-order chi connectivity index (χ0) is 12.1. The molecule has 2 nitrogen and oxygen atoms in total. The van der Waals surface area contributed by atoms with Gasteiger partial charge in [0.2, 0.25) is 0 Å². The second kappa shape index (κ2) is 6.18. The van der Waals surface area contributed by atoms with Crippen molar-refractivity contribution in [3.63, 3.8) is 0 Å². The van der Waals surface area contributed by atoms with E-state index in [2.05, 4.69) is 43.4 Å². The van der Waals surface area contributed by atoms with Gasteiger partial charge < -0.3 is 10.1 Å². The van der Waals surface area contributed by atoms with E-state index in [4.69, 9.17) is 4.74 Å². The molecular weight excluding hydrogens is 210 g/mol. The molecule has 0 aromatic heterocycles. The molecule has 0 heterocycles. The third-order valence-corrected chi connectivity index (χ3v) is 3.44. The number of benzene rings is 1. The van der Waals surface area contributed by atoms with Crippen LogP contribution in [0.25, 0.3) is 0 Å². The molecule has 0 aliphatic heterocycles. The molecule has 94 valence electrons. The van der Waals surface area contributed by atoms with Gasteiger partial charge in [0.1, 0.15) is 0 Å². The van der Waals surface area contributed by atoms with E-state index in [0.717, 1.165) is 19.4 Å². The lowest BCUT2D eigenvalue weighted by Crippen LogP contribution is -2.45. The van der Waals surface area contributed by atoms with E-state index in [9.17, 15) is 0 Å². The minimum Gasteiger partial charge on any atom is -0.370 e. The van der Waals surface area contributed by atoms with E-state index < -0.39 is 0 Å². The van der Waals surface area contributed by atoms with Gasteiger partial charge in [-0.2, -0.15) is 0 Å². The number of rotatable bonds is 6. The molecular formula is C15H23NO. The van der Waals surface area contributed by atoms with Gasteiger partial charge in [-0.3, -0.25) is 0 Å². The maximum atomic E-state index is 6.04. The van der Waals surface area contributed by atoms with Gasteiger partial charge in [0.15, 0.2) is 0 Å². The smallest absolute Gasteiger partial charge is 0.0800 e. The molecule has 0 amide bonds. The predicted molar refractivity (Wildman–Crippen MR) is 71.0 cm³/mol. The van der Waals surface area contributed by atoms with Crippen LogP contribution in [0.2, 0.25) is 0 Å². The van der Waals surface area contributed by atoms with Crippen molar-refractivity contribution in [2.75, 3.05) is 6.54 Å². The highest BCUT2D eigenvalue weighted by molar-refractivity contribution is 5.17. The third-order valence-electron chi connectivity index (χ3n) is 3.44. The lowest BCUT2D eigenvalue weighted by Gasteiger charge is -2.37. The van der Waals surface area contributed by atoms with Crippen molar-refractivity contribution < 1.29 is 4.74 Å². The van der Waals surface area contributed by atoms with Gasteiger partial charge >= 0.3 is 0 Å². The highest BCUT2D eigenvalue weighted by atomic mass is 16.5. The fraction of sp³-hybridized carbons (Fsp3) is 0.600. The minimum atomic E-state index is 0.216. The third kappa shape index (κ3) is 3.55. The van der Waals surface area contributed by atoms with Crippen LogP contribution in [0.3, 0.4) is 0 Å². The molecule has 2 rings (SSSR count). The summed E-state index contributed by atoms with van der Waals surface area (Å²) >= 11 is 0. The van der Waals surface area contributed by atoms with E-state index in [1.807, 2.05) is 6.07 Å². The lowest BCUT2D eigenvalue weighted by atomic mass is 9.89. The summed E-state index contributed by atoms with van der Waals surface area (Å²) in [6, 6.07) is 11.1. The molecule has 1 N–H and O–H groups in total. The topological polar surface area (TPSA) is 21.3 Å². The molecule has 1 atom stereocenters. The Kier molecular flexibility index (Phi) is 4.57. The van der Waals surface area contributed by atoms with Gasteiger partial charge in [-0.05, 0) is 38.3 Å². The molecule has 1 fully saturated rings. The van der Waals surface area contributed by atoms with Crippen LogP contribution in [0, 0.1) is 0 Å². The monoisotopic (exact) mass is 233 g/mol. The number of hydrogen-bond donors (Lipinski definition) is 1. The Balaban J connectivity index is 1.70. The molecule has 1 unspecified atom stereocenters. The summed E-state index contributed by atoms with van der Waals surface area (Å²) < 4.78 is 6.04. The van der Waals surface area contributed by atoms with Crippen LogP contribution < -0.4 is 5.32 Å². The van der Waals surface area contributed by atoms with Crippen molar-refractivity contribution in [1.29, 1.82) is 0 Å². The summed E-state index contributed by atoms with van der Waals surface area (Å²) in [5, 5.41) is 3.53. The molecule has 0 bridgehead atoms. The molecule has 2 heteroatoms. The average Bonchev–Trinajstić information content (AvgIpc) is 2.32. The van der Waals surface area contributed by atoms with Crippen molar-refractivity contribution in [3.05, 3.63) is 35.9 Å². The van der Waals surface area contributed by atoms with Crippen LogP contribution in [0.15, 0.2) is 30.3 Å². The average molecular weight is 233 g/mol. The SMILES string of the molecule is CCCNC1CC(OC(C)c2ccccc2)C1. The van der Waals surface area contributed by atoms with Crippen molar-refractivity contribution in [3.8, 4) is 0 Å². The molecule has 1 aromatic carbocycles. The molecule has 1 aromatic rings. The van der Waals surface area contributed by atoms with E-state index in [1.165, 1.54) is 12.0 Å². The van der Waals surface area contributed by atoms with Crippen LogP contribution in [0.4, 0.5) is 0 Å². The summed E-state index contributed by atoms with van der Waals surface area (Å²) in [6.07, 6.45) is 4.20. The standard InChI is InChI=1S/C15H23NO/c1-3-9-16-14-10-15(11-14)17-12(2)13-7-5-4-6-8-13/h4-8,12,14-16H,3,9-11H2,1-2H3. The predicted octanol–water partition coefficient (Wildman–Crippen LogP) is 3.29. The van der Waals surface area contributed by atoms with Crippen LogP contribution in [-0.2, 0) is 4.74 Å². The molecule has 1 saturated carbocycles. The summed E-state index contributed by atoms with van der Waals surface area (Å²) in [5.74, 6) is 0. The van der Waals surface area contributed by atoms with Gasteiger partial charge in [-0.25, -0.2) is 0 Å². The second-order valence-electron chi connectivity index (χ2n) is 4.93. The highest BCUT2D eigenvalue weighted by Crippen LogP contribution is 2.29. The van der Waals surface area contributed by atoms with Crippen molar-refractivity contribution in [1.82, 2.24) is 5.32 Å². The summed E-state index contributed by atoms with van der Waals surface area (Å²) in [5.41, 5.74) is 1.28. The zero-order valence-electron chi connectivity index (χ0n) is 10.9. The largest absolute Gasteiger partial charge is 0.370 e. The van der Waals surface area contributed by atoms with Crippen molar-refractivity contribution >= 4 is 0 Å². The Labute approximate surface area is 104 Å². The lowest BCUT2D eigenvalue weighted by molar-refractivity contribution is -0.0587. The molecule has 0 radical (unpaired) electrons. The summed E-state index contributed by atoms with van der Waals surface area (Å²) in [7, 11) is 0. The first kappa shape index (κ1) is 12.6. The molecule has 0 saturated heterocycles. The maximum Gasteiger partial charge on any atom is 0.0800 e. The second-order valence-corrected chi connectivity index (χ2v) is 4.93. The quantitative estimate of drug-likeness (QED) is 0.814.